The molecular weight excluding hydrogens is 511 g/mol. The zero-order chi connectivity index (χ0) is 26.3. The lowest BCUT2D eigenvalue weighted by molar-refractivity contribution is 0.141. The van der Waals surface area contributed by atoms with Crippen LogP contribution in [0.4, 0.5) is 21.6 Å². The molecule has 1 saturated heterocycles. The van der Waals surface area contributed by atoms with E-state index in [9.17, 15) is 4.39 Å². The lowest BCUT2D eigenvalue weighted by atomic mass is 9.87. The average Bonchev–Trinajstić information content (AvgIpc) is 3.40. The molecule has 3 aromatic rings. The van der Waals surface area contributed by atoms with Gasteiger partial charge in [-0.05, 0) is 49.9 Å². The zero-order valence-electron chi connectivity index (χ0n) is 20.7. The lowest BCUT2D eigenvalue weighted by Gasteiger charge is -2.46. The first kappa shape index (κ1) is 24.6. The summed E-state index contributed by atoms with van der Waals surface area (Å²) in [5.74, 6) is 1.04. The van der Waals surface area contributed by atoms with Crippen LogP contribution >= 0.6 is 11.6 Å². The molecule has 12 heteroatoms. The molecule has 3 heterocycles. The van der Waals surface area contributed by atoms with Crippen molar-refractivity contribution in [3.8, 4) is 5.75 Å². The van der Waals surface area contributed by atoms with Gasteiger partial charge in [0.1, 0.15) is 35.5 Å². The fourth-order valence-corrected chi connectivity index (χ4v) is 5.59. The predicted octanol–water partition coefficient (Wildman–Crippen LogP) is 4.44. The van der Waals surface area contributed by atoms with Crippen molar-refractivity contribution in [2.45, 2.75) is 50.3 Å². The maximum atomic E-state index is 13.7. The third-order valence-electron chi connectivity index (χ3n) is 7.17. The van der Waals surface area contributed by atoms with Crippen molar-refractivity contribution < 1.29 is 13.9 Å². The number of hydrogen-bond acceptors (Lipinski definition) is 10. The van der Waals surface area contributed by atoms with Gasteiger partial charge in [-0.1, -0.05) is 18.0 Å². The SMILES string of the molecule is NC1=NC2(CCCCC2)N(c2cc3c(Nc4ccc(F)c(Cl)c4)ncnc3cc2OC2CCOC2)C(N)=N1. The Morgan fingerprint density at radius 2 is 1.97 bits per heavy atom. The van der Waals surface area contributed by atoms with Crippen LogP contribution in [-0.4, -0.2) is 46.9 Å². The predicted molar refractivity (Wildman–Crippen MR) is 146 cm³/mol. The molecule has 3 aliphatic rings. The third-order valence-corrected chi connectivity index (χ3v) is 7.46. The standard InChI is InChI=1S/C26H28ClFN8O2/c27-18-10-15(4-5-19(18)28)33-23-17-11-21(22(12-20(17)31-14-32-23)38-16-6-9-37-13-16)36-25(30)34-24(29)35-26(36)7-2-1-3-8-26/h4-5,10-12,14,16H,1-3,6-9,13H2,(H,31,32,33)(H4,29,30,34,35). The normalized spacial score (nSPS) is 20.9. The molecule has 1 saturated carbocycles. The molecule has 2 fully saturated rings. The Kier molecular flexibility index (Phi) is 6.40. The van der Waals surface area contributed by atoms with Gasteiger partial charge < -0.3 is 26.3 Å². The van der Waals surface area contributed by atoms with Gasteiger partial charge in [-0.15, -0.1) is 0 Å². The zero-order valence-corrected chi connectivity index (χ0v) is 21.4. The van der Waals surface area contributed by atoms with Gasteiger partial charge in [-0.25, -0.2) is 19.4 Å². The highest BCUT2D eigenvalue weighted by molar-refractivity contribution is 6.31. The van der Waals surface area contributed by atoms with Crippen LogP contribution in [0.1, 0.15) is 38.5 Å². The molecule has 2 aliphatic heterocycles. The van der Waals surface area contributed by atoms with Gasteiger partial charge in [-0.2, -0.15) is 4.99 Å². The van der Waals surface area contributed by atoms with Gasteiger partial charge in [0.15, 0.2) is 0 Å². The van der Waals surface area contributed by atoms with E-state index in [2.05, 4.69) is 20.3 Å². The van der Waals surface area contributed by atoms with E-state index in [-0.39, 0.29) is 23.0 Å². The van der Waals surface area contributed by atoms with Crippen molar-refractivity contribution in [1.82, 2.24) is 9.97 Å². The van der Waals surface area contributed by atoms with E-state index in [0.717, 1.165) is 38.5 Å². The number of guanidine groups is 2. The van der Waals surface area contributed by atoms with Crippen molar-refractivity contribution in [3.05, 3.63) is 47.5 Å². The molecule has 0 bridgehead atoms. The van der Waals surface area contributed by atoms with Crippen molar-refractivity contribution in [2.75, 3.05) is 23.4 Å². The molecule has 2 aromatic carbocycles. The Bertz CT molecular complexity index is 1440. The lowest BCUT2D eigenvalue weighted by Crippen LogP contribution is -2.58. The average molecular weight is 539 g/mol. The largest absolute Gasteiger partial charge is 0.486 e. The summed E-state index contributed by atoms with van der Waals surface area (Å²) in [6.45, 7) is 1.14. The summed E-state index contributed by atoms with van der Waals surface area (Å²) in [7, 11) is 0. The molecule has 10 nitrogen and oxygen atoms in total. The first-order chi connectivity index (χ1) is 18.4. The van der Waals surface area contributed by atoms with Crippen LogP contribution in [0.15, 0.2) is 46.6 Å². The molecule has 38 heavy (non-hydrogen) atoms. The number of aromatic nitrogens is 2. The molecular formula is C26H28ClFN8O2. The number of benzene rings is 2. The summed E-state index contributed by atoms with van der Waals surface area (Å²) in [4.78, 5) is 20.0. The highest BCUT2D eigenvalue weighted by atomic mass is 35.5. The monoisotopic (exact) mass is 538 g/mol. The fraction of sp³-hybridized carbons (Fsp3) is 0.385. The van der Waals surface area contributed by atoms with Crippen molar-refractivity contribution in [1.29, 1.82) is 0 Å². The molecule has 0 radical (unpaired) electrons. The minimum atomic E-state index is -0.667. The van der Waals surface area contributed by atoms with Crippen LogP contribution < -0.4 is 26.4 Å². The summed E-state index contributed by atoms with van der Waals surface area (Å²) in [5, 5.41) is 3.95. The van der Waals surface area contributed by atoms with Crippen molar-refractivity contribution in [3.63, 3.8) is 0 Å². The van der Waals surface area contributed by atoms with Gasteiger partial charge in [0.2, 0.25) is 11.9 Å². The van der Waals surface area contributed by atoms with E-state index in [1.54, 1.807) is 6.07 Å². The molecule has 6 rings (SSSR count). The molecule has 1 atom stereocenters. The van der Waals surface area contributed by atoms with Gasteiger partial charge in [-0.3, -0.25) is 4.90 Å². The van der Waals surface area contributed by atoms with E-state index in [1.165, 1.54) is 18.5 Å². The number of nitrogens with zero attached hydrogens (tertiary/aromatic N) is 5. The van der Waals surface area contributed by atoms with Crippen LogP contribution in [0, 0.1) is 5.82 Å². The Morgan fingerprint density at radius 3 is 2.74 bits per heavy atom. The second-order valence-electron chi connectivity index (χ2n) is 9.74. The Hall–Kier alpha value is -3.70. The number of fused-ring (bicyclic) bond motifs is 1. The van der Waals surface area contributed by atoms with Gasteiger partial charge in [0, 0.05) is 23.6 Å². The second kappa shape index (κ2) is 9.88. The van der Waals surface area contributed by atoms with Gasteiger partial charge in [0.05, 0.1) is 29.4 Å². The number of ether oxygens (including phenoxy) is 2. The third kappa shape index (κ3) is 4.56. The smallest absolute Gasteiger partial charge is 0.220 e. The number of nitrogens with one attached hydrogen (secondary N) is 1. The number of hydrogen-bond donors (Lipinski definition) is 3. The first-order valence-corrected chi connectivity index (χ1v) is 13.0. The summed E-state index contributed by atoms with van der Waals surface area (Å²) in [5.41, 5.74) is 13.9. The Labute approximate surface area is 223 Å². The molecule has 1 spiro atoms. The fourth-order valence-electron chi connectivity index (χ4n) is 5.41. The molecule has 0 amide bonds. The Balaban J connectivity index is 1.50. The van der Waals surface area contributed by atoms with Crippen LogP contribution in [-0.2, 0) is 4.74 Å². The number of nitrogens with two attached hydrogens (primary N) is 2. The summed E-state index contributed by atoms with van der Waals surface area (Å²) in [6.07, 6.45) is 6.78. The highest BCUT2D eigenvalue weighted by Crippen LogP contribution is 2.45. The summed E-state index contributed by atoms with van der Waals surface area (Å²) >= 11 is 6.01. The first-order valence-electron chi connectivity index (χ1n) is 12.7. The summed E-state index contributed by atoms with van der Waals surface area (Å²) in [6, 6.07) is 8.21. The van der Waals surface area contributed by atoms with Crippen molar-refractivity contribution >= 4 is 51.6 Å². The van der Waals surface area contributed by atoms with Crippen LogP contribution in [0.3, 0.4) is 0 Å². The summed E-state index contributed by atoms with van der Waals surface area (Å²) < 4.78 is 25.8. The minimum Gasteiger partial charge on any atom is -0.486 e. The topological polar surface area (TPSA) is 136 Å². The maximum absolute atomic E-state index is 13.7. The molecule has 5 N–H and O–H groups in total. The van der Waals surface area contributed by atoms with Gasteiger partial charge >= 0.3 is 0 Å². The quantitative estimate of drug-likeness (QED) is 0.433. The Morgan fingerprint density at radius 1 is 1.13 bits per heavy atom. The van der Waals surface area contributed by atoms with Crippen LogP contribution in [0.2, 0.25) is 5.02 Å². The molecule has 1 aromatic heterocycles. The van der Waals surface area contributed by atoms with E-state index < -0.39 is 11.5 Å². The van der Waals surface area contributed by atoms with Crippen LogP contribution in [0.5, 0.6) is 5.75 Å². The molecule has 198 valence electrons. The second-order valence-corrected chi connectivity index (χ2v) is 10.1. The van der Waals surface area contributed by atoms with Gasteiger partial charge in [0.25, 0.3) is 0 Å². The van der Waals surface area contributed by atoms with E-state index in [0.29, 0.717) is 47.1 Å². The maximum Gasteiger partial charge on any atom is 0.220 e. The molecule has 1 unspecified atom stereocenters. The number of rotatable bonds is 5. The van der Waals surface area contributed by atoms with Crippen molar-refractivity contribution in [2.24, 2.45) is 21.5 Å². The van der Waals surface area contributed by atoms with Crippen LogP contribution in [0.25, 0.3) is 10.9 Å². The number of halogens is 2. The van der Waals surface area contributed by atoms with E-state index >= 15 is 0 Å². The number of aliphatic imine (C=N–C) groups is 2. The number of anilines is 3. The van der Waals surface area contributed by atoms with E-state index in [1.807, 2.05) is 17.0 Å². The minimum absolute atomic E-state index is 0.00973. The molecule has 1 aliphatic carbocycles. The van der Waals surface area contributed by atoms with E-state index in [4.69, 9.17) is 37.5 Å². The highest BCUT2D eigenvalue weighted by Gasteiger charge is 2.44.